The molecule has 70 valence electrons. The minimum absolute atomic E-state index is 0. The molecule has 1 N–H and O–H groups in total. The summed E-state index contributed by atoms with van der Waals surface area (Å²) in [5.41, 5.74) is 2.09. The molecule has 0 radical (unpaired) electrons. The molecule has 2 nitrogen and oxygen atoms in total. The van der Waals surface area contributed by atoms with Crippen LogP contribution in [0.1, 0.15) is 8.35 Å². The zero-order valence-corrected chi connectivity index (χ0v) is 8.22. The SMILES string of the molecule is C=C/C(NCC)=C(\C=C)N(C)C.[HH]. The van der Waals surface area contributed by atoms with Gasteiger partial charge in [-0.2, -0.15) is 0 Å². The highest BCUT2D eigenvalue weighted by Crippen LogP contribution is 2.06. The first-order valence-electron chi connectivity index (χ1n) is 4.07. The summed E-state index contributed by atoms with van der Waals surface area (Å²) in [6, 6.07) is 0. The average Bonchev–Trinajstić information content (AvgIpc) is 2.03. The zero-order chi connectivity index (χ0) is 9.56. The van der Waals surface area contributed by atoms with Crippen LogP contribution in [-0.2, 0) is 0 Å². The van der Waals surface area contributed by atoms with Gasteiger partial charge in [0.1, 0.15) is 0 Å². The van der Waals surface area contributed by atoms with Crippen molar-refractivity contribution in [3.8, 4) is 0 Å². The van der Waals surface area contributed by atoms with Crippen molar-refractivity contribution in [1.82, 2.24) is 10.2 Å². The van der Waals surface area contributed by atoms with Gasteiger partial charge in [-0.25, -0.2) is 0 Å². The molecule has 0 aliphatic heterocycles. The topological polar surface area (TPSA) is 15.3 Å². The number of allylic oxidation sites excluding steroid dienone is 2. The van der Waals surface area contributed by atoms with Crippen LogP contribution in [0.25, 0.3) is 0 Å². The summed E-state index contributed by atoms with van der Waals surface area (Å²) < 4.78 is 0. The van der Waals surface area contributed by atoms with Crippen molar-refractivity contribution in [2.24, 2.45) is 0 Å². The van der Waals surface area contributed by atoms with Crippen LogP contribution in [0.3, 0.4) is 0 Å². The maximum Gasteiger partial charge on any atom is 0.0590 e. The van der Waals surface area contributed by atoms with Crippen molar-refractivity contribution in [2.75, 3.05) is 20.6 Å². The number of nitrogens with zero attached hydrogens (tertiary/aromatic N) is 1. The smallest absolute Gasteiger partial charge is 0.0590 e. The first-order valence-corrected chi connectivity index (χ1v) is 4.07. The molecule has 0 aromatic carbocycles. The van der Waals surface area contributed by atoms with Crippen LogP contribution in [0.2, 0.25) is 0 Å². The van der Waals surface area contributed by atoms with E-state index in [-0.39, 0.29) is 1.43 Å². The summed E-state index contributed by atoms with van der Waals surface area (Å²) in [6.45, 7) is 10.4. The minimum atomic E-state index is 0. The molecule has 0 saturated heterocycles. The molecule has 0 bridgehead atoms. The van der Waals surface area contributed by atoms with Crippen molar-refractivity contribution in [1.29, 1.82) is 0 Å². The van der Waals surface area contributed by atoms with Gasteiger partial charge in [0.2, 0.25) is 0 Å². The van der Waals surface area contributed by atoms with Gasteiger partial charge in [0.05, 0.1) is 11.4 Å². The third-order valence-corrected chi connectivity index (χ3v) is 1.52. The van der Waals surface area contributed by atoms with E-state index in [1.165, 1.54) is 0 Å². The van der Waals surface area contributed by atoms with Gasteiger partial charge in [-0.05, 0) is 19.1 Å². The van der Waals surface area contributed by atoms with Gasteiger partial charge in [0, 0.05) is 22.1 Å². The highest BCUT2D eigenvalue weighted by atomic mass is 15.1. The molecule has 0 aliphatic carbocycles. The lowest BCUT2D eigenvalue weighted by molar-refractivity contribution is 0.519. The molecule has 0 aromatic heterocycles. The Morgan fingerprint density at radius 3 is 2.25 bits per heavy atom. The van der Waals surface area contributed by atoms with Crippen molar-refractivity contribution in [3.05, 3.63) is 36.7 Å². The quantitative estimate of drug-likeness (QED) is 0.631. The predicted molar refractivity (Wildman–Crippen MR) is 56.9 cm³/mol. The maximum atomic E-state index is 3.75. The normalized spacial score (nSPS) is 11.6. The van der Waals surface area contributed by atoms with Crippen LogP contribution in [0, 0.1) is 0 Å². The van der Waals surface area contributed by atoms with E-state index in [9.17, 15) is 0 Å². The lowest BCUT2D eigenvalue weighted by Crippen LogP contribution is -2.19. The molecular formula is C10H20N2. The van der Waals surface area contributed by atoms with Crippen molar-refractivity contribution >= 4 is 0 Å². The fourth-order valence-corrected chi connectivity index (χ4v) is 0.991. The predicted octanol–water partition coefficient (Wildman–Crippen LogP) is 1.99. The number of hydrogen-bond donors (Lipinski definition) is 1. The zero-order valence-electron chi connectivity index (χ0n) is 8.22. The molecule has 0 aromatic rings. The number of nitrogens with one attached hydrogen (secondary N) is 1. The van der Waals surface area contributed by atoms with Gasteiger partial charge in [-0.1, -0.05) is 13.2 Å². The third-order valence-electron chi connectivity index (χ3n) is 1.52. The Morgan fingerprint density at radius 2 is 2.00 bits per heavy atom. The summed E-state index contributed by atoms with van der Waals surface area (Å²) >= 11 is 0. The van der Waals surface area contributed by atoms with E-state index in [0.29, 0.717) is 0 Å². The second kappa shape index (κ2) is 5.47. The van der Waals surface area contributed by atoms with Gasteiger partial charge in [0.25, 0.3) is 0 Å². The van der Waals surface area contributed by atoms with Gasteiger partial charge in [-0.15, -0.1) is 0 Å². The Hall–Kier alpha value is -1.18. The molecule has 0 rings (SSSR count). The van der Waals surface area contributed by atoms with E-state index in [1.54, 1.807) is 6.08 Å². The summed E-state index contributed by atoms with van der Waals surface area (Å²) in [5.74, 6) is 0. The lowest BCUT2D eigenvalue weighted by atomic mass is 10.3. The molecule has 2 heteroatoms. The monoisotopic (exact) mass is 168 g/mol. The Kier molecular flexibility index (Phi) is 4.93. The standard InChI is InChI=1S/C10H18N2.H2/c1-6-9(11-8-3)10(7-2)12(4)5;/h6-7,11H,1-2,8H2,3-5H3;1H/b10-9-;. The van der Waals surface area contributed by atoms with Crippen molar-refractivity contribution < 1.29 is 1.43 Å². The van der Waals surface area contributed by atoms with Crippen LogP contribution in [0.15, 0.2) is 36.7 Å². The molecule has 0 atom stereocenters. The maximum absolute atomic E-state index is 3.75. The Labute approximate surface area is 76.7 Å². The Bertz CT molecular complexity index is 195. The Morgan fingerprint density at radius 1 is 1.42 bits per heavy atom. The van der Waals surface area contributed by atoms with Gasteiger partial charge in [0.15, 0.2) is 0 Å². The van der Waals surface area contributed by atoms with Crippen molar-refractivity contribution in [2.45, 2.75) is 6.92 Å². The molecule has 0 amide bonds. The van der Waals surface area contributed by atoms with Crippen LogP contribution in [-0.4, -0.2) is 25.5 Å². The van der Waals surface area contributed by atoms with E-state index >= 15 is 0 Å². The second-order valence-corrected chi connectivity index (χ2v) is 2.63. The highest BCUT2D eigenvalue weighted by Gasteiger charge is 2.00. The number of likely N-dealkylation sites (N-methyl/N-ethyl adjacent to an activating group) is 2. The molecule has 0 unspecified atom stereocenters. The summed E-state index contributed by atoms with van der Waals surface area (Å²) in [6.07, 6.45) is 3.63. The van der Waals surface area contributed by atoms with Gasteiger partial charge < -0.3 is 10.2 Å². The Balaban J connectivity index is 0. The van der Waals surface area contributed by atoms with E-state index in [4.69, 9.17) is 0 Å². The minimum Gasteiger partial charge on any atom is -0.384 e. The van der Waals surface area contributed by atoms with Crippen LogP contribution in [0.4, 0.5) is 0 Å². The van der Waals surface area contributed by atoms with E-state index in [2.05, 4.69) is 25.4 Å². The first kappa shape index (κ1) is 10.8. The van der Waals surface area contributed by atoms with Crippen molar-refractivity contribution in [3.63, 3.8) is 0 Å². The second-order valence-electron chi connectivity index (χ2n) is 2.63. The van der Waals surface area contributed by atoms with Gasteiger partial charge >= 0.3 is 0 Å². The van der Waals surface area contributed by atoms with Gasteiger partial charge in [-0.3, -0.25) is 0 Å². The lowest BCUT2D eigenvalue weighted by Gasteiger charge is -2.17. The van der Waals surface area contributed by atoms with Crippen LogP contribution in [0.5, 0.6) is 0 Å². The number of rotatable bonds is 5. The van der Waals surface area contributed by atoms with Crippen LogP contribution < -0.4 is 5.32 Å². The molecule has 0 fully saturated rings. The van der Waals surface area contributed by atoms with Crippen LogP contribution >= 0.6 is 0 Å². The highest BCUT2D eigenvalue weighted by molar-refractivity contribution is 5.28. The fraction of sp³-hybridized carbons (Fsp3) is 0.400. The summed E-state index contributed by atoms with van der Waals surface area (Å²) in [7, 11) is 3.97. The molecule has 12 heavy (non-hydrogen) atoms. The van der Waals surface area contributed by atoms with E-state index < -0.39 is 0 Å². The number of hydrogen-bond acceptors (Lipinski definition) is 2. The third kappa shape index (κ3) is 2.82. The summed E-state index contributed by atoms with van der Waals surface area (Å²) in [4.78, 5) is 2.01. The van der Waals surface area contributed by atoms with E-state index in [0.717, 1.165) is 17.9 Å². The molecule has 0 aliphatic rings. The first-order chi connectivity index (χ1) is 5.67. The molecular weight excluding hydrogens is 148 g/mol. The largest absolute Gasteiger partial charge is 0.384 e. The van der Waals surface area contributed by atoms with E-state index in [1.807, 2.05) is 25.1 Å². The molecule has 0 spiro atoms. The summed E-state index contributed by atoms with van der Waals surface area (Å²) in [5, 5.41) is 3.21. The average molecular weight is 168 g/mol. The molecule has 0 heterocycles. The molecule has 0 saturated carbocycles. The fourth-order valence-electron chi connectivity index (χ4n) is 0.991.